The molecule has 1 aromatic heterocycles. The summed E-state index contributed by atoms with van der Waals surface area (Å²) in [5.41, 5.74) is 1.32. The van der Waals surface area contributed by atoms with Crippen LogP contribution >= 0.6 is 0 Å². The van der Waals surface area contributed by atoms with Crippen LogP contribution in [0.5, 0.6) is 5.75 Å². The summed E-state index contributed by atoms with van der Waals surface area (Å²) in [6, 6.07) is 8.63. The van der Waals surface area contributed by atoms with Gasteiger partial charge in [-0.15, -0.1) is 0 Å². The Kier molecular flexibility index (Phi) is 7.71. The van der Waals surface area contributed by atoms with Crippen molar-refractivity contribution in [2.75, 3.05) is 20.2 Å². The smallest absolute Gasteiger partial charge is 0.191 e. The number of aromatic nitrogens is 3. The summed E-state index contributed by atoms with van der Waals surface area (Å²) in [6.45, 7) is 11.1. The molecule has 1 aromatic carbocycles. The Hall–Kier alpha value is -2.57. The van der Waals surface area contributed by atoms with Gasteiger partial charge in [-0.2, -0.15) is 5.10 Å². The number of nitrogens with zero attached hydrogens (tertiary/aromatic N) is 4. The van der Waals surface area contributed by atoms with Gasteiger partial charge in [0.25, 0.3) is 0 Å². The molecule has 1 aliphatic heterocycles. The molecule has 1 aliphatic rings. The molecule has 0 aliphatic carbocycles. The van der Waals surface area contributed by atoms with Crippen LogP contribution < -0.4 is 15.4 Å². The van der Waals surface area contributed by atoms with E-state index >= 15 is 0 Å². The van der Waals surface area contributed by atoms with Crippen LogP contribution in [0, 0.1) is 0 Å². The highest BCUT2D eigenvalue weighted by atomic mass is 16.5. The first-order valence-electron chi connectivity index (χ1n) is 11.1. The van der Waals surface area contributed by atoms with Gasteiger partial charge < -0.3 is 15.4 Å². The van der Waals surface area contributed by atoms with E-state index < -0.39 is 0 Å². The summed E-state index contributed by atoms with van der Waals surface area (Å²) in [7, 11) is 1.70. The summed E-state index contributed by atoms with van der Waals surface area (Å²) in [4.78, 5) is 9.50. The minimum absolute atomic E-state index is 0.316. The Morgan fingerprint density at radius 2 is 2.03 bits per heavy atom. The Morgan fingerprint density at radius 1 is 1.27 bits per heavy atom. The number of aliphatic imine (C=N–C) groups is 1. The largest absolute Gasteiger partial charge is 0.497 e. The molecule has 7 heteroatoms. The zero-order valence-electron chi connectivity index (χ0n) is 19.0. The molecule has 2 N–H and O–H groups in total. The summed E-state index contributed by atoms with van der Waals surface area (Å²) in [5.74, 6) is 4.64. The molecule has 2 heterocycles. The molecule has 0 radical (unpaired) electrons. The van der Waals surface area contributed by atoms with E-state index in [-0.39, 0.29) is 0 Å². The topological polar surface area (TPSA) is 76.4 Å². The lowest BCUT2D eigenvalue weighted by Gasteiger charge is -2.25. The highest BCUT2D eigenvalue weighted by Gasteiger charge is 2.23. The molecule has 0 bridgehead atoms. The van der Waals surface area contributed by atoms with Crippen LogP contribution in [0.3, 0.4) is 0 Å². The fraction of sp³-hybridized carbons (Fsp3) is 0.609. The van der Waals surface area contributed by atoms with Crippen LogP contribution in [0.15, 0.2) is 29.3 Å². The highest BCUT2D eigenvalue weighted by Crippen LogP contribution is 2.22. The van der Waals surface area contributed by atoms with E-state index in [2.05, 4.69) is 65.2 Å². The minimum atomic E-state index is 0.316. The van der Waals surface area contributed by atoms with Crippen molar-refractivity contribution in [1.82, 2.24) is 25.4 Å². The third-order valence-electron chi connectivity index (χ3n) is 5.59. The number of guanidine groups is 1. The van der Waals surface area contributed by atoms with Crippen molar-refractivity contribution in [3.63, 3.8) is 0 Å². The van der Waals surface area contributed by atoms with Gasteiger partial charge >= 0.3 is 0 Å². The second kappa shape index (κ2) is 10.5. The number of ether oxygens (including phenoxy) is 1. The number of benzene rings is 1. The first-order chi connectivity index (χ1) is 14.5. The predicted molar refractivity (Wildman–Crippen MR) is 121 cm³/mol. The van der Waals surface area contributed by atoms with Crippen LogP contribution in [0.4, 0.5) is 0 Å². The summed E-state index contributed by atoms with van der Waals surface area (Å²) in [5, 5.41) is 11.7. The van der Waals surface area contributed by atoms with Crippen LogP contribution in [-0.2, 0) is 13.0 Å². The van der Waals surface area contributed by atoms with Gasteiger partial charge in [0.2, 0.25) is 0 Å². The van der Waals surface area contributed by atoms with Crippen molar-refractivity contribution in [1.29, 1.82) is 0 Å². The highest BCUT2D eigenvalue weighted by molar-refractivity contribution is 5.80. The SMILES string of the molecule is CCNC(=NCCC(C)c1ccc(OC)cc1)NC1CCc2nc(C(C)C)nn2C1. The van der Waals surface area contributed by atoms with Gasteiger partial charge in [0.15, 0.2) is 11.8 Å². The van der Waals surface area contributed by atoms with Crippen LogP contribution in [-0.4, -0.2) is 47.0 Å². The molecule has 30 heavy (non-hydrogen) atoms. The predicted octanol–water partition coefficient (Wildman–Crippen LogP) is 3.47. The lowest BCUT2D eigenvalue weighted by Crippen LogP contribution is -2.47. The molecule has 2 aromatic rings. The lowest BCUT2D eigenvalue weighted by atomic mass is 9.98. The Balaban J connectivity index is 1.55. The van der Waals surface area contributed by atoms with Crippen LogP contribution in [0.1, 0.15) is 69.6 Å². The quantitative estimate of drug-likeness (QED) is 0.513. The van der Waals surface area contributed by atoms with Gasteiger partial charge in [0.1, 0.15) is 11.6 Å². The van der Waals surface area contributed by atoms with Crippen LogP contribution in [0.25, 0.3) is 0 Å². The third-order valence-corrected chi connectivity index (χ3v) is 5.59. The van der Waals surface area contributed by atoms with Crippen molar-refractivity contribution in [3.05, 3.63) is 41.5 Å². The molecule has 2 unspecified atom stereocenters. The molecule has 0 fully saturated rings. The number of aryl methyl sites for hydroxylation is 1. The van der Waals surface area contributed by atoms with E-state index in [1.807, 2.05) is 12.1 Å². The summed E-state index contributed by atoms with van der Waals surface area (Å²) in [6.07, 6.45) is 2.99. The monoisotopic (exact) mass is 412 g/mol. The normalized spacial score (nSPS) is 17.5. The Labute approximate surface area is 180 Å². The van der Waals surface area contributed by atoms with Gasteiger partial charge in [0, 0.05) is 31.5 Å². The van der Waals surface area contributed by atoms with E-state index in [9.17, 15) is 0 Å². The second-order valence-electron chi connectivity index (χ2n) is 8.33. The first kappa shape index (κ1) is 22.1. The van der Waals surface area contributed by atoms with Crippen LogP contribution in [0.2, 0.25) is 0 Å². The fourth-order valence-electron chi connectivity index (χ4n) is 3.67. The van der Waals surface area contributed by atoms with Gasteiger partial charge in [-0.3, -0.25) is 4.99 Å². The van der Waals surface area contributed by atoms with Crippen molar-refractivity contribution >= 4 is 5.96 Å². The molecule has 3 rings (SSSR count). The maximum atomic E-state index is 5.25. The summed E-state index contributed by atoms with van der Waals surface area (Å²) < 4.78 is 7.31. The first-order valence-corrected chi connectivity index (χ1v) is 11.1. The number of nitrogens with one attached hydrogen (secondary N) is 2. The van der Waals surface area contributed by atoms with E-state index in [0.29, 0.717) is 17.9 Å². The number of hydrogen-bond donors (Lipinski definition) is 2. The molecule has 7 nitrogen and oxygen atoms in total. The average molecular weight is 413 g/mol. The van der Waals surface area contributed by atoms with Gasteiger partial charge in [-0.1, -0.05) is 32.9 Å². The van der Waals surface area contributed by atoms with Crippen molar-refractivity contribution in [3.8, 4) is 5.75 Å². The maximum absolute atomic E-state index is 5.25. The van der Waals surface area contributed by atoms with Gasteiger partial charge in [-0.25, -0.2) is 9.67 Å². The zero-order valence-corrected chi connectivity index (χ0v) is 19.0. The molecular weight excluding hydrogens is 376 g/mol. The molecular formula is C23H36N6O. The van der Waals surface area contributed by atoms with E-state index in [1.165, 1.54) is 5.56 Å². The second-order valence-corrected chi connectivity index (χ2v) is 8.33. The summed E-state index contributed by atoms with van der Waals surface area (Å²) >= 11 is 0. The zero-order chi connectivity index (χ0) is 21.5. The molecule has 0 saturated heterocycles. The number of hydrogen-bond acceptors (Lipinski definition) is 4. The van der Waals surface area contributed by atoms with E-state index in [0.717, 1.165) is 62.3 Å². The van der Waals surface area contributed by atoms with Crippen molar-refractivity contribution in [2.45, 2.75) is 71.4 Å². The third kappa shape index (κ3) is 5.74. The number of methoxy groups -OCH3 is 1. The molecule has 0 spiro atoms. The Bertz CT molecular complexity index is 827. The van der Waals surface area contributed by atoms with Gasteiger partial charge in [-0.05, 0) is 43.4 Å². The standard InChI is InChI=1S/C23H36N6O/c1-6-24-23(25-14-13-17(4)18-7-10-20(30-5)11-8-18)26-19-9-12-21-27-22(16(2)3)28-29(21)15-19/h7-8,10-11,16-17,19H,6,9,12-15H2,1-5H3,(H2,24,25,26). The van der Waals surface area contributed by atoms with Crippen molar-refractivity contribution < 1.29 is 4.74 Å². The maximum Gasteiger partial charge on any atom is 0.191 e. The number of rotatable bonds is 8. The van der Waals surface area contributed by atoms with E-state index in [1.54, 1.807) is 7.11 Å². The minimum Gasteiger partial charge on any atom is -0.497 e. The number of fused-ring (bicyclic) bond motifs is 1. The Morgan fingerprint density at radius 3 is 2.70 bits per heavy atom. The average Bonchev–Trinajstić information content (AvgIpc) is 3.17. The molecule has 2 atom stereocenters. The lowest BCUT2D eigenvalue weighted by molar-refractivity contribution is 0.391. The van der Waals surface area contributed by atoms with Crippen molar-refractivity contribution in [2.24, 2.45) is 4.99 Å². The molecule has 0 saturated carbocycles. The molecule has 164 valence electrons. The van der Waals surface area contributed by atoms with E-state index in [4.69, 9.17) is 9.73 Å². The molecule has 0 amide bonds. The fourth-order valence-corrected chi connectivity index (χ4v) is 3.67. The van der Waals surface area contributed by atoms with Gasteiger partial charge in [0.05, 0.1) is 13.7 Å².